The van der Waals surface area contributed by atoms with Crippen molar-refractivity contribution in [2.75, 3.05) is 20.7 Å². The Bertz CT molecular complexity index is 289. The number of benzene rings is 1. The molecule has 0 aliphatic carbocycles. The number of likely N-dealkylation sites (N-methyl/N-ethyl adjacent to an activating group) is 1. The molecule has 0 radical (unpaired) electrons. The molecule has 0 saturated carbocycles. The Morgan fingerprint density at radius 2 is 2.14 bits per heavy atom. The van der Waals surface area contributed by atoms with E-state index in [0.717, 1.165) is 5.56 Å². The van der Waals surface area contributed by atoms with Crippen LogP contribution in [0.2, 0.25) is 0 Å². The average Bonchev–Trinajstić information content (AvgIpc) is 2.15. The van der Waals surface area contributed by atoms with Crippen LogP contribution in [0.1, 0.15) is 11.7 Å². The van der Waals surface area contributed by atoms with Gasteiger partial charge in [0.2, 0.25) is 0 Å². The molecule has 0 saturated heterocycles. The van der Waals surface area contributed by atoms with Crippen molar-refractivity contribution in [2.45, 2.75) is 6.10 Å². The Morgan fingerprint density at radius 3 is 2.64 bits per heavy atom. The summed E-state index contributed by atoms with van der Waals surface area (Å²) in [5.74, 6) is 5.77. The minimum atomic E-state index is -0.203. The van der Waals surface area contributed by atoms with Gasteiger partial charge in [-0.05, 0) is 6.07 Å². The van der Waals surface area contributed by atoms with Gasteiger partial charge in [-0.2, -0.15) is 0 Å². The lowest BCUT2D eigenvalue weighted by molar-refractivity contribution is 0.0699. The van der Waals surface area contributed by atoms with E-state index in [1.165, 1.54) is 5.01 Å². The first-order chi connectivity index (χ1) is 6.65. The highest BCUT2D eigenvalue weighted by atomic mass is 16.5. The average molecular weight is 196 g/mol. The van der Waals surface area contributed by atoms with Crippen LogP contribution in [0.4, 0.5) is 0 Å². The number of aromatic hydroxyl groups is 1. The predicted molar refractivity (Wildman–Crippen MR) is 54.7 cm³/mol. The van der Waals surface area contributed by atoms with Crippen LogP contribution in [0.3, 0.4) is 0 Å². The lowest BCUT2D eigenvalue weighted by Crippen LogP contribution is -2.31. The molecule has 1 unspecified atom stereocenters. The van der Waals surface area contributed by atoms with Gasteiger partial charge in [-0.15, -0.1) is 0 Å². The summed E-state index contributed by atoms with van der Waals surface area (Å²) in [5.41, 5.74) is 0.757. The van der Waals surface area contributed by atoms with Crippen LogP contribution in [-0.2, 0) is 4.74 Å². The topological polar surface area (TPSA) is 58.7 Å². The van der Waals surface area contributed by atoms with Crippen LogP contribution in [0.5, 0.6) is 5.75 Å². The number of nitrogens with zero attached hydrogens (tertiary/aromatic N) is 1. The van der Waals surface area contributed by atoms with E-state index in [1.807, 2.05) is 12.1 Å². The maximum atomic E-state index is 9.59. The van der Waals surface area contributed by atoms with E-state index in [1.54, 1.807) is 26.3 Å². The lowest BCUT2D eigenvalue weighted by atomic mass is 10.1. The fourth-order valence-electron chi connectivity index (χ4n) is 1.32. The molecule has 1 aromatic rings. The number of phenols is 1. The van der Waals surface area contributed by atoms with Gasteiger partial charge in [0.25, 0.3) is 0 Å². The number of methoxy groups -OCH3 is 1. The number of phenolic OH excluding ortho intramolecular Hbond substituents is 1. The minimum Gasteiger partial charge on any atom is -0.508 e. The molecule has 0 fully saturated rings. The van der Waals surface area contributed by atoms with E-state index in [2.05, 4.69) is 0 Å². The van der Waals surface area contributed by atoms with Gasteiger partial charge in [0.05, 0.1) is 6.10 Å². The lowest BCUT2D eigenvalue weighted by Gasteiger charge is -2.20. The summed E-state index contributed by atoms with van der Waals surface area (Å²) in [6.45, 7) is 0.536. The number of rotatable bonds is 4. The number of ether oxygens (including phenoxy) is 1. The SMILES string of the molecule is COC(CN(C)N)c1ccccc1O. The molecule has 0 amide bonds. The third-order valence-corrected chi connectivity index (χ3v) is 2.02. The van der Waals surface area contributed by atoms with Gasteiger partial charge in [-0.3, -0.25) is 5.84 Å². The highest BCUT2D eigenvalue weighted by molar-refractivity contribution is 5.33. The first-order valence-corrected chi connectivity index (χ1v) is 4.41. The molecule has 0 bridgehead atoms. The van der Waals surface area contributed by atoms with Crippen LogP contribution >= 0.6 is 0 Å². The standard InChI is InChI=1S/C10H16N2O2/c1-12(11)7-10(14-2)8-5-3-4-6-9(8)13/h3-6,10,13H,7,11H2,1-2H3. The minimum absolute atomic E-state index is 0.203. The molecule has 1 rings (SSSR count). The van der Waals surface area contributed by atoms with Crippen molar-refractivity contribution in [3.63, 3.8) is 0 Å². The van der Waals surface area contributed by atoms with E-state index in [9.17, 15) is 5.11 Å². The summed E-state index contributed by atoms with van der Waals surface area (Å²) in [6, 6.07) is 7.10. The summed E-state index contributed by atoms with van der Waals surface area (Å²) in [4.78, 5) is 0. The number of hydrazine groups is 1. The zero-order valence-corrected chi connectivity index (χ0v) is 8.47. The number of hydrogen-bond acceptors (Lipinski definition) is 4. The van der Waals surface area contributed by atoms with Crippen LogP contribution in [-0.4, -0.2) is 30.8 Å². The predicted octanol–water partition coefficient (Wildman–Crippen LogP) is 0.885. The second kappa shape index (κ2) is 4.95. The van der Waals surface area contributed by atoms with Gasteiger partial charge in [-0.1, -0.05) is 18.2 Å². The zero-order chi connectivity index (χ0) is 10.6. The maximum absolute atomic E-state index is 9.59. The number of hydrogen-bond donors (Lipinski definition) is 2. The molecule has 0 aliphatic rings. The van der Waals surface area contributed by atoms with Gasteiger partial charge in [0, 0.05) is 26.3 Å². The van der Waals surface area contributed by atoms with Gasteiger partial charge >= 0.3 is 0 Å². The van der Waals surface area contributed by atoms with Crippen LogP contribution in [0.25, 0.3) is 0 Å². The first-order valence-electron chi connectivity index (χ1n) is 4.41. The smallest absolute Gasteiger partial charge is 0.121 e. The maximum Gasteiger partial charge on any atom is 0.121 e. The van der Waals surface area contributed by atoms with E-state index in [-0.39, 0.29) is 11.9 Å². The molecule has 0 aromatic heterocycles. The van der Waals surface area contributed by atoms with Crippen LogP contribution in [0.15, 0.2) is 24.3 Å². The van der Waals surface area contributed by atoms with Gasteiger partial charge in [-0.25, -0.2) is 5.01 Å². The van der Waals surface area contributed by atoms with E-state index < -0.39 is 0 Å². The van der Waals surface area contributed by atoms with E-state index in [0.29, 0.717) is 6.54 Å². The van der Waals surface area contributed by atoms with Crippen molar-refractivity contribution in [1.82, 2.24) is 5.01 Å². The second-order valence-electron chi connectivity index (χ2n) is 3.22. The molecule has 3 N–H and O–H groups in total. The van der Waals surface area contributed by atoms with Crippen molar-refractivity contribution in [1.29, 1.82) is 0 Å². The number of para-hydroxylation sites is 1. The van der Waals surface area contributed by atoms with Gasteiger partial charge < -0.3 is 9.84 Å². The number of nitrogens with two attached hydrogens (primary N) is 1. The Morgan fingerprint density at radius 1 is 1.50 bits per heavy atom. The van der Waals surface area contributed by atoms with E-state index in [4.69, 9.17) is 10.6 Å². The Balaban J connectivity index is 2.83. The van der Waals surface area contributed by atoms with Crippen molar-refractivity contribution in [2.24, 2.45) is 5.84 Å². The fraction of sp³-hybridized carbons (Fsp3) is 0.400. The van der Waals surface area contributed by atoms with Gasteiger partial charge in [0.1, 0.15) is 5.75 Å². The molecule has 0 aliphatic heterocycles. The van der Waals surface area contributed by atoms with Gasteiger partial charge in [0.15, 0.2) is 0 Å². The highest BCUT2D eigenvalue weighted by Gasteiger charge is 2.14. The molecule has 4 nitrogen and oxygen atoms in total. The van der Waals surface area contributed by atoms with Crippen LogP contribution < -0.4 is 5.84 Å². The molecule has 4 heteroatoms. The van der Waals surface area contributed by atoms with Crippen molar-refractivity contribution in [3.05, 3.63) is 29.8 Å². The molecule has 1 atom stereocenters. The van der Waals surface area contributed by atoms with Crippen molar-refractivity contribution >= 4 is 0 Å². The molecular formula is C10H16N2O2. The summed E-state index contributed by atoms with van der Waals surface area (Å²) in [6.07, 6.45) is -0.203. The van der Waals surface area contributed by atoms with E-state index >= 15 is 0 Å². The third kappa shape index (κ3) is 2.70. The Kier molecular flexibility index (Phi) is 3.88. The molecular weight excluding hydrogens is 180 g/mol. The summed E-state index contributed by atoms with van der Waals surface area (Å²) < 4.78 is 5.25. The quantitative estimate of drug-likeness (QED) is 0.554. The second-order valence-corrected chi connectivity index (χ2v) is 3.22. The zero-order valence-electron chi connectivity index (χ0n) is 8.47. The van der Waals surface area contributed by atoms with Crippen molar-refractivity contribution < 1.29 is 9.84 Å². The molecule has 78 valence electrons. The van der Waals surface area contributed by atoms with Crippen LogP contribution in [0, 0.1) is 0 Å². The Labute approximate surface area is 83.9 Å². The molecule has 1 aromatic carbocycles. The summed E-state index contributed by atoms with van der Waals surface area (Å²) >= 11 is 0. The summed E-state index contributed by atoms with van der Waals surface area (Å²) in [7, 11) is 3.35. The normalized spacial score (nSPS) is 13.1. The molecule has 0 spiro atoms. The largest absolute Gasteiger partial charge is 0.508 e. The molecule has 0 heterocycles. The first kappa shape index (κ1) is 11.0. The monoisotopic (exact) mass is 196 g/mol. The Hall–Kier alpha value is -1.10. The molecule has 14 heavy (non-hydrogen) atoms. The summed E-state index contributed by atoms with van der Waals surface area (Å²) in [5, 5.41) is 11.1. The fourth-order valence-corrected chi connectivity index (χ4v) is 1.32. The highest BCUT2D eigenvalue weighted by Crippen LogP contribution is 2.25. The third-order valence-electron chi connectivity index (χ3n) is 2.02. The van der Waals surface area contributed by atoms with Crippen molar-refractivity contribution in [3.8, 4) is 5.75 Å².